The van der Waals surface area contributed by atoms with Gasteiger partial charge >= 0.3 is 0 Å². The zero-order valence-corrected chi connectivity index (χ0v) is 12.0. The van der Waals surface area contributed by atoms with Crippen LogP contribution in [0.1, 0.15) is 5.56 Å². The molecule has 2 aromatic heterocycles. The molecule has 20 heavy (non-hydrogen) atoms. The molecule has 0 saturated carbocycles. The van der Waals surface area contributed by atoms with E-state index in [1.165, 1.54) is 11.8 Å². The van der Waals surface area contributed by atoms with Crippen LogP contribution in [0.25, 0.3) is 16.7 Å². The van der Waals surface area contributed by atoms with Gasteiger partial charge in [0, 0.05) is 6.20 Å². The van der Waals surface area contributed by atoms with Crippen LogP contribution >= 0.6 is 11.8 Å². The van der Waals surface area contributed by atoms with Gasteiger partial charge in [-0.1, -0.05) is 30.0 Å². The highest BCUT2D eigenvalue weighted by Crippen LogP contribution is 2.19. The van der Waals surface area contributed by atoms with E-state index in [0.29, 0.717) is 21.9 Å². The molecule has 0 amide bonds. The summed E-state index contributed by atoms with van der Waals surface area (Å²) in [5, 5.41) is 1.26. The summed E-state index contributed by atoms with van der Waals surface area (Å²) in [4.78, 5) is 21.6. The molecule has 5 heteroatoms. The van der Waals surface area contributed by atoms with Gasteiger partial charge in [0.1, 0.15) is 5.82 Å². The number of hydrogen-bond acceptors (Lipinski definition) is 4. The van der Waals surface area contributed by atoms with Gasteiger partial charge in [0.15, 0.2) is 5.16 Å². The van der Waals surface area contributed by atoms with E-state index in [9.17, 15) is 4.79 Å². The summed E-state index contributed by atoms with van der Waals surface area (Å²) in [6.07, 6.45) is 3.60. The number of aromatic nitrogens is 3. The van der Waals surface area contributed by atoms with Gasteiger partial charge in [-0.15, -0.1) is 0 Å². The molecule has 0 fully saturated rings. The Balaban J connectivity index is 2.43. The van der Waals surface area contributed by atoms with Crippen LogP contribution in [0.15, 0.2) is 52.5 Å². The van der Waals surface area contributed by atoms with Crippen molar-refractivity contribution in [1.29, 1.82) is 0 Å². The summed E-state index contributed by atoms with van der Waals surface area (Å²) in [6, 6.07) is 11.2. The maximum atomic E-state index is 12.7. The average molecular weight is 283 g/mol. The van der Waals surface area contributed by atoms with Crippen LogP contribution in [0.5, 0.6) is 0 Å². The summed E-state index contributed by atoms with van der Waals surface area (Å²) >= 11 is 1.44. The van der Waals surface area contributed by atoms with E-state index in [2.05, 4.69) is 9.97 Å². The number of aryl methyl sites for hydroxylation is 1. The van der Waals surface area contributed by atoms with Crippen molar-refractivity contribution in [3.63, 3.8) is 0 Å². The number of para-hydroxylation sites is 1. The van der Waals surface area contributed by atoms with Crippen molar-refractivity contribution < 1.29 is 0 Å². The van der Waals surface area contributed by atoms with Gasteiger partial charge in [0.05, 0.1) is 10.9 Å². The fourth-order valence-corrected chi connectivity index (χ4v) is 2.69. The average Bonchev–Trinajstić information content (AvgIpc) is 2.48. The van der Waals surface area contributed by atoms with E-state index in [0.717, 1.165) is 5.56 Å². The summed E-state index contributed by atoms with van der Waals surface area (Å²) in [7, 11) is 0. The Labute approximate surface area is 120 Å². The van der Waals surface area contributed by atoms with Gasteiger partial charge in [0.2, 0.25) is 0 Å². The minimum absolute atomic E-state index is 0.0817. The molecule has 0 N–H and O–H groups in total. The monoisotopic (exact) mass is 283 g/mol. The van der Waals surface area contributed by atoms with E-state index in [1.54, 1.807) is 16.8 Å². The van der Waals surface area contributed by atoms with Crippen LogP contribution in [0.2, 0.25) is 0 Å². The zero-order valence-electron chi connectivity index (χ0n) is 11.2. The van der Waals surface area contributed by atoms with Gasteiger partial charge in [-0.05, 0) is 36.9 Å². The lowest BCUT2D eigenvalue weighted by molar-refractivity contribution is 0.791. The third kappa shape index (κ3) is 2.00. The van der Waals surface area contributed by atoms with Crippen LogP contribution in [-0.4, -0.2) is 20.8 Å². The molecule has 3 rings (SSSR count). The molecule has 0 atom stereocenters. The predicted octanol–water partition coefficient (Wildman–Crippen LogP) is 2.81. The lowest BCUT2D eigenvalue weighted by Gasteiger charge is -2.12. The predicted molar refractivity (Wildman–Crippen MR) is 81.7 cm³/mol. The largest absolute Gasteiger partial charge is 0.268 e. The third-order valence-corrected chi connectivity index (χ3v) is 3.76. The number of fused-ring (bicyclic) bond motifs is 1. The minimum atomic E-state index is -0.0817. The summed E-state index contributed by atoms with van der Waals surface area (Å²) in [5.41, 5.74) is 1.58. The van der Waals surface area contributed by atoms with Gasteiger partial charge < -0.3 is 0 Å². The molecule has 0 aliphatic carbocycles. The highest BCUT2D eigenvalue weighted by Gasteiger charge is 2.13. The van der Waals surface area contributed by atoms with Crippen LogP contribution in [0, 0.1) is 6.92 Å². The lowest BCUT2D eigenvalue weighted by atomic mass is 10.2. The fraction of sp³-hybridized carbons (Fsp3) is 0.133. The number of benzene rings is 1. The van der Waals surface area contributed by atoms with Crippen molar-refractivity contribution >= 4 is 22.7 Å². The Kier molecular flexibility index (Phi) is 3.28. The molecule has 4 nitrogen and oxygen atoms in total. The second-order valence-corrected chi connectivity index (χ2v) is 5.17. The number of nitrogens with zero attached hydrogens (tertiary/aromatic N) is 3. The summed E-state index contributed by atoms with van der Waals surface area (Å²) in [6.45, 7) is 1.94. The van der Waals surface area contributed by atoms with Crippen LogP contribution in [-0.2, 0) is 0 Å². The molecular formula is C15H13N3OS. The van der Waals surface area contributed by atoms with Crippen molar-refractivity contribution in [3.8, 4) is 5.82 Å². The molecule has 0 aliphatic heterocycles. The van der Waals surface area contributed by atoms with Crippen molar-refractivity contribution in [2.75, 3.05) is 6.26 Å². The smallest absolute Gasteiger partial charge is 0.267 e. The van der Waals surface area contributed by atoms with Crippen LogP contribution in [0.3, 0.4) is 0 Å². The molecule has 0 radical (unpaired) electrons. The van der Waals surface area contributed by atoms with Gasteiger partial charge in [-0.3, -0.25) is 4.79 Å². The summed E-state index contributed by atoms with van der Waals surface area (Å²) < 4.78 is 1.59. The first-order valence-electron chi connectivity index (χ1n) is 6.20. The van der Waals surface area contributed by atoms with E-state index in [1.807, 2.05) is 43.5 Å². The second-order valence-electron chi connectivity index (χ2n) is 4.40. The molecule has 0 saturated heterocycles. The molecule has 100 valence electrons. The maximum absolute atomic E-state index is 12.7. The van der Waals surface area contributed by atoms with Crippen molar-refractivity contribution in [1.82, 2.24) is 14.5 Å². The zero-order chi connectivity index (χ0) is 14.1. The molecule has 0 unspecified atom stereocenters. The SMILES string of the molecule is CSc1nc2ccccc2c(=O)n1-c1ncccc1C. The second kappa shape index (κ2) is 5.09. The van der Waals surface area contributed by atoms with Crippen molar-refractivity contribution in [3.05, 3.63) is 58.5 Å². The third-order valence-electron chi connectivity index (χ3n) is 3.12. The Morgan fingerprint density at radius 2 is 1.95 bits per heavy atom. The fourth-order valence-electron chi connectivity index (χ4n) is 2.15. The first-order chi connectivity index (χ1) is 9.72. The molecular weight excluding hydrogens is 270 g/mol. The van der Waals surface area contributed by atoms with Crippen molar-refractivity contribution in [2.24, 2.45) is 0 Å². The normalized spacial score (nSPS) is 10.9. The standard InChI is InChI=1S/C15H13N3OS/c1-10-6-5-9-16-13(10)18-14(19)11-7-3-4-8-12(11)17-15(18)20-2/h3-9H,1-2H3. The van der Waals surface area contributed by atoms with Crippen molar-refractivity contribution in [2.45, 2.75) is 12.1 Å². The van der Waals surface area contributed by atoms with Gasteiger partial charge in [0.25, 0.3) is 5.56 Å². The number of pyridine rings is 1. The molecule has 2 heterocycles. The highest BCUT2D eigenvalue weighted by atomic mass is 32.2. The highest BCUT2D eigenvalue weighted by molar-refractivity contribution is 7.98. The van der Waals surface area contributed by atoms with E-state index in [-0.39, 0.29) is 5.56 Å². The first kappa shape index (κ1) is 12.9. The van der Waals surface area contributed by atoms with E-state index < -0.39 is 0 Å². The van der Waals surface area contributed by atoms with E-state index in [4.69, 9.17) is 0 Å². The van der Waals surface area contributed by atoms with E-state index >= 15 is 0 Å². The maximum Gasteiger partial charge on any atom is 0.267 e. The lowest BCUT2D eigenvalue weighted by Crippen LogP contribution is -2.23. The topological polar surface area (TPSA) is 47.8 Å². The quantitative estimate of drug-likeness (QED) is 0.536. The number of hydrogen-bond donors (Lipinski definition) is 0. The molecule has 0 aliphatic rings. The molecule has 1 aromatic carbocycles. The Hall–Kier alpha value is -2.14. The van der Waals surface area contributed by atoms with Gasteiger partial charge in [-0.25, -0.2) is 14.5 Å². The number of rotatable bonds is 2. The van der Waals surface area contributed by atoms with Crippen LogP contribution < -0.4 is 5.56 Å². The van der Waals surface area contributed by atoms with Gasteiger partial charge in [-0.2, -0.15) is 0 Å². The van der Waals surface area contributed by atoms with Crippen LogP contribution in [0.4, 0.5) is 0 Å². The summed E-state index contributed by atoms with van der Waals surface area (Å²) in [5.74, 6) is 0.639. The first-order valence-corrected chi connectivity index (χ1v) is 7.42. The Morgan fingerprint density at radius 1 is 1.15 bits per heavy atom. The molecule has 0 bridgehead atoms. The Bertz CT molecular complexity index is 842. The molecule has 0 spiro atoms. The number of thioether (sulfide) groups is 1. The minimum Gasteiger partial charge on any atom is -0.268 e. The molecule has 3 aromatic rings. The Morgan fingerprint density at radius 3 is 2.70 bits per heavy atom.